The van der Waals surface area contributed by atoms with Crippen molar-refractivity contribution in [1.82, 2.24) is 19.9 Å². The maximum absolute atomic E-state index is 12.2. The number of halogens is 1. The fourth-order valence-corrected chi connectivity index (χ4v) is 3.67. The van der Waals surface area contributed by atoms with E-state index in [4.69, 9.17) is 21.1 Å². The van der Waals surface area contributed by atoms with Gasteiger partial charge in [-0.15, -0.1) is 0 Å². The standard InChI is InChI=1S/C21H20ClN5O3/c1-26-6-7-27-20(26)10-19(25-21(27)28)29-12-13-2-3-17(15(8-13)16-11-24-16)30-14-4-5-23-18(22)9-14/h2-5,8-10,16,24H,6-7,11-12H2,1H3. The highest BCUT2D eigenvalue weighted by Gasteiger charge is 2.26. The van der Waals surface area contributed by atoms with Crippen LogP contribution in [0.4, 0.5) is 5.82 Å². The molecule has 1 fully saturated rings. The first-order chi connectivity index (χ1) is 14.6. The first kappa shape index (κ1) is 18.9. The molecule has 1 aromatic carbocycles. The van der Waals surface area contributed by atoms with Gasteiger partial charge in [-0.25, -0.2) is 9.78 Å². The summed E-state index contributed by atoms with van der Waals surface area (Å²) in [6, 6.07) is 11.4. The summed E-state index contributed by atoms with van der Waals surface area (Å²) in [5, 5.41) is 3.69. The van der Waals surface area contributed by atoms with Crippen LogP contribution in [0.25, 0.3) is 0 Å². The van der Waals surface area contributed by atoms with Crippen LogP contribution < -0.4 is 25.4 Å². The van der Waals surface area contributed by atoms with Gasteiger partial charge in [-0.05, 0) is 23.8 Å². The SMILES string of the molecule is CN1CCn2c1cc(OCc1ccc(Oc3ccnc(Cl)c3)c(C3CN3)c1)nc2=O. The molecule has 1 atom stereocenters. The molecule has 5 rings (SSSR count). The van der Waals surface area contributed by atoms with Crippen LogP contribution in [0.2, 0.25) is 5.15 Å². The van der Waals surface area contributed by atoms with Crippen LogP contribution in [-0.4, -0.2) is 34.7 Å². The third kappa shape index (κ3) is 3.83. The average molecular weight is 426 g/mol. The van der Waals surface area contributed by atoms with E-state index in [1.165, 1.54) is 0 Å². The fraction of sp³-hybridized carbons (Fsp3) is 0.286. The average Bonchev–Trinajstić information content (AvgIpc) is 3.51. The minimum absolute atomic E-state index is 0.244. The smallest absolute Gasteiger partial charge is 0.352 e. The Labute approximate surface area is 178 Å². The van der Waals surface area contributed by atoms with Crippen molar-refractivity contribution in [2.24, 2.45) is 0 Å². The zero-order valence-corrected chi connectivity index (χ0v) is 17.1. The zero-order chi connectivity index (χ0) is 20.7. The maximum atomic E-state index is 12.2. The lowest BCUT2D eigenvalue weighted by atomic mass is 10.1. The van der Waals surface area contributed by atoms with Gasteiger partial charge in [-0.1, -0.05) is 17.7 Å². The molecule has 1 unspecified atom stereocenters. The summed E-state index contributed by atoms with van der Waals surface area (Å²) < 4.78 is 13.5. The predicted molar refractivity (Wildman–Crippen MR) is 113 cm³/mol. The van der Waals surface area contributed by atoms with Crippen LogP contribution >= 0.6 is 11.6 Å². The van der Waals surface area contributed by atoms with Crippen molar-refractivity contribution in [2.45, 2.75) is 19.2 Å². The van der Waals surface area contributed by atoms with Gasteiger partial charge in [-0.3, -0.25) is 4.57 Å². The highest BCUT2D eigenvalue weighted by molar-refractivity contribution is 6.29. The number of fused-ring (bicyclic) bond motifs is 1. The van der Waals surface area contributed by atoms with Crippen LogP contribution in [0.15, 0.2) is 47.4 Å². The van der Waals surface area contributed by atoms with E-state index in [0.29, 0.717) is 29.9 Å². The number of likely N-dealkylation sites (N-methyl/N-ethyl adjacent to an activating group) is 1. The van der Waals surface area contributed by atoms with Crippen LogP contribution in [0.1, 0.15) is 17.2 Å². The van der Waals surface area contributed by atoms with Gasteiger partial charge in [0.05, 0.1) is 0 Å². The van der Waals surface area contributed by atoms with Gasteiger partial charge in [0.1, 0.15) is 29.1 Å². The molecular formula is C21H20ClN5O3. The second kappa shape index (κ2) is 7.62. The molecule has 8 nitrogen and oxygen atoms in total. The molecule has 2 aliphatic heterocycles. The maximum Gasteiger partial charge on any atom is 0.352 e. The van der Waals surface area contributed by atoms with Crippen molar-refractivity contribution in [3.8, 4) is 17.4 Å². The van der Waals surface area contributed by atoms with Crippen molar-refractivity contribution in [3.05, 3.63) is 69.4 Å². The number of hydrogen-bond acceptors (Lipinski definition) is 7. The number of nitrogens with zero attached hydrogens (tertiary/aromatic N) is 4. The van der Waals surface area contributed by atoms with Gasteiger partial charge in [-0.2, -0.15) is 4.98 Å². The third-order valence-corrected chi connectivity index (χ3v) is 5.39. The van der Waals surface area contributed by atoms with Crippen molar-refractivity contribution in [3.63, 3.8) is 0 Å². The number of benzene rings is 1. The number of pyridine rings is 1. The molecule has 154 valence electrons. The Morgan fingerprint density at radius 3 is 2.90 bits per heavy atom. The van der Waals surface area contributed by atoms with E-state index in [-0.39, 0.29) is 11.7 Å². The van der Waals surface area contributed by atoms with Crippen LogP contribution in [-0.2, 0) is 13.2 Å². The number of anilines is 1. The number of hydrogen-bond donors (Lipinski definition) is 1. The lowest BCUT2D eigenvalue weighted by Gasteiger charge is -2.14. The van der Waals surface area contributed by atoms with Crippen molar-refractivity contribution >= 4 is 17.4 Å². The summed E-state index contributed by atoms with van der Waals surface area (Å²) >= 11 is 5.95. The Kier molecular flexibility index (Phi) is 4.80. The molecule has 0 saturated carbocycles. The molecule has 0 spiro atoms. The molecule has 0 amide bonds. The summed E-state index contributed by atoms with van der Waals surface area (Å²) in [6.45, 7) is 2.65. The normalized spacial score (nSPS) is 17.0. The Morgan fingerprint density at radius 1 is 1.23 bits per heavy atom. The van der Waals surface area contributed by atoms with E-state index < -0.39 is 0 Å². The summed E-state index contributed by atoms with van der Waals surface area (Å²) in [5.41, 5.74) is 1.73. The molecule has 30 heavy (non-hydrogen) atoms. The quantitative estimate of drug-likeness (QED) is 0.479. The molecule has 2 aliphatic rings. The van der Waals surface area contributed by atoms with Gasteiger partial charge in [0, 0.05) is 56.6 Å². The van der Waals surface area contributed by atoms with E-state index >= 15 is 0 Å². The Morgan fingerprint density at radius 2 is 2.10 bits per heavy atom. The van der Waals surface area contributed by atoms with Gasteiger partial charge >= 0.3 is 5.69 Å². The molecule has 0 bridgehead atoms. The summed E-state index contributed by atoms with van der Waals surface area (Å²) in [7, 11) is 1.95. The highest BCUT2D eigenvalue weighted by Crippen LogP contribution is 2.35. The minimum atomic E-state index is -0.283. The Balaban J connectivity index is 1.35. The van der Waals surface area contributed by atoms with Gasteiger partial charge in [0.15, 0.2) is 0 Å². The fourth-order valence-electron chi connectivity index (χ4n) is 3.50. The molecule has 9 heteroatoms. The summed E-state index contributed by atoms with van der Waals surface area (Å²) in [4.78, 5) is 22.2. The molecule has 3 aromatic rings. The second-order valence-electron chi connectivity index (χ2n) is 7.35. The number of rotatable bonds is 6. The predicted octanol–water partition coefficient (Wildman–Crippen LogP) is 2.76. The van der Waals surface area contributed by atoms with E-state index in [2.05, 4.69) is 21.4 Å². The van der Waals surface area contributed by atoms with Crippen molar-refractivity contribution in [2.75, 3.05) is 25.0 Å². The van der Waals surface area contributed by atoms with E-state index in [1.807, 2.05) is 30.1 Å². The highest BCUT2D eigenvalue weighted by atomic mass is 35.5. The van der Waals surface area contributed by atoms with Crippen LogP contribution in [0.3, 0.4) is 0 Å². The molecule has 1 N–H and O–H groups in total. The summed E-state index contributed by atoms with van der Waals surface area (Å²) in [5.74, 6) is 2.55. The lowest BCUT2D eigenvalue weighted by molar-refractivity contribution is 0.291. The first-order valence-electron chi connectivity index (χ1n) is 9.68. The number of ether oxygens (including phenoxy) is 2. The molecule has 4 heterocycles. The van der Waals surface area contributed by atoms with Gasteiger partial charge in [0.25, 0.3) is 0 Å². The zero-order valence-electron chi connectivity index (χ0n) is 16.3. The van der Waals surface area contributed by atoms with Gasteiger partial charge < -0.3 is 19.7 Å². The monoisotopic (exact) mass is 425 g/mol. The van der Waals surface area contributed by atoms with Gasteiger partial charge in [0.2, 0.25) is 5.88 Å². The van der Waals surface area contributed by atoms with E-state index in [1.54, 1.807) is 22.9 Å². The molecular weight excluding hydrogens is 406 g/mol. The molecule has 1 saturated heterocycles. The topological polar surface area (TPSA) is 91.4 Å². The van der Waals surface area contributed by atoms with E-state index in [9.17, 15) is 4.79 Å². The lowest BCUT2D eigenvalue weighted by Crippen LogP contribution is -2.22. The molecule has 2 aromatic heterocycles. The van der Waals surface area contributed by atoms with E-state index in [0.717, 1.165) is 35.8 Å². The molecule has 0 radical (unpaired) electrons. The second-order valence-corrected chi connectivity index (χ2v) is 7.73. The van der Waals surface area contributed by atoms with Crippen LogP contribution in [0, 0.1) is 0 Å². The van der Waals surface area contributed by atoms with Crippen LogP contribution in [0.5, 0.6) is 17.4 Å². The molecule has 0 aliphatic carbocycles. The number of aromatic nitrogens is 3. The first-order valence-corrected chi connectivity index (χ1v) is 10.1. The van der Waals surface area contributed by atoms with Crippen molar-refractivity contribution < 1.29 is 9.47 Å². The third-order valence-electron chi connectivity index (χ3n) is 5.19. The van der Waals surface area contributed by atoms with Crippen molar-refractivity contribution in [1.29, 1.82) is 0 Å². The largest absolute Gasteiger partial charge is 0.473 e. The Hall–Kier alpha value is -3.10. The Bertz CT molecular complexity index is 1160. The summed E-state index contributed by atoms with van der Waals surface area (Å²) in [6.07, 6.45) is 1.61. The minimum Gasteiger partial charge on any atom is -0.473 e. The number of nitrogens with one attached hydrogen (secondary N) is 1.